The van der Waals surface area contributed by atoms with Crippen molar-refractivity contribution in [3.63, 3.8) is 0 Å². The molecule has 0 saturated carbocycles. The smallest absolute Gasteiger partial charge is 0.305 e. The largest absolute Gasteiger partial charge is 0.469 e. The number of hydrogen-bond acceptors (Lipinski definition) is 3. The van der Waals surface area contributed by atoms with Crippen LogP contribution in [-0.4, -0.2) is 19.4 Å². The van der Waals surface area contributed by atoms with Gasteiger partial charge in [-0.15, -0.1) is 0 Å². The summed E-state index contributed by atoms with van der Waals surface area (Å²) in [6.45, 7) is 1.94. The summed E-state index contributed by atoms with van der Waals surface area (Å²) in [6, 6.07) is 6.92. The SMILES string of the molecule is CCCC(=O)OC.O=Cc1ccccc1Cl. The van der Waals surface area contributed by atoms with Gasteiger partial charge in [0.25, 0.3) is 0 Å². The van der Waals surface area contributed by atoms with Crippen molar-refractivity contribution < 1.29 is 14.3 Å². The summed E-state index contributed by atoms with van der Waals surface area (Å²) in [4.78, 5) is 20.3. The molecule has 0 fully saturated rings. The van der Waals surface area contributed by atoms with Crippen LogP contribution >= 0.6 is 11.6 Å². The van der Waals surface area contributed by atoms with Gasteiger partial charge in [-0.3, -0.25) is 9.59 Å². The van der Waals surface area contributed by atoms with Crippen LogP contribution in [0.4, 0.5) is 0 Å². The number of aldehydes is 1. The van der Waals surface area contributed by atoms with Crippen LogP contribution in [0.15, 0.2) is 24.3 Å². The highest BCUT2D eigenvalue weighted by atomic mass is 35.5. The van der Waals surface area contributed by atoms with Crippen LogP contribution in [0.25, 0.3) is 0 Å². The highest BCUT2D eigenvalue weighted by Crippen LogP contribution is 2.11. The first-order chi connectivity index (χ1) is 7.65. The molecular formula is C12H15ClO3. The number of halogens is 1. The van der Waals surface area contributed by atoms with Gasteiger partial charge < -0.3 is 4.74 Å². The van der Waals surface area contributed by atoms with E-state index in [1.165, 1.54) is 7.11 Å². The predicted octanol–water partition coefficient (Wildman–Crippen LogP) is 3.11. The Morgan fingerprint density at radius 3 is 2.38 bits per heavy atom. The van der Waals surface area contributed by atoms with E-state index in [1.807, 2.05) is 6.92 Å². The van der Waals surface area contributed by atoms with Gasteiger partial charge in [-0.25, -0.2) is 0 Å². The van der Waals surface area contributed by atoms with E-state index in [1.54, 1.807) is 24.3 Å². The van der Waals surface area contributed by atoms with E-state index in [0.717, 1.165) is 12.7 Å². The third kappa shape index (κ3) is 6.19. The topological polar surface area (TPSA) is 43.4 Å². The quantitative estimate of drug-likeness (QED) is 0.604. The zero-order valence-electron chi connectivity index (χ0n) is 9.40. The molecule has 4 heteroatoms. The molecule has 16 heavy (non-hydrogen) atoms. The molecule has 0 spiro atoms. The lowest BCUT2D eigenvalue weighted by atomic mass is 10.2. The molecule has 1 aromatic carbocycles. The molecule has 1 aromatic rings. The first kappa shape index (κ1) is 14.6. The Bertz CT molecular complexity index is 337. The van der Waals surface area contributed by atoms with Crippen LogP contribution in [0, 0.1) is 0 Å². The molecule has 0 unspecified atom stereocenters. The first-order valence-electron chi connectivity index (χ1n) is 4.92. The van der Waals surface area contributed by atoms with Crippen molar-refractivity contribution in [2.24, 2.45) is 0 Å². The lowest BCUT2D eigenvalue weighted by molar-refractivity contribution is -0.140. The molecule has 1 rings (SSSR count). The normalized spacial score (nSPS) is 8.69. The van der Waals surface area contributed by atoms with Gasteiger partial charge in [-0.2, -0.15) is 0 Å². The van der Waals surface area contributed by atoms with Gasteiger partial charge in [0, 0.05) is 12.0 Å². The van der Waals surface area contributed by atoms with Gasteiger partial charge in [-0.05, 0) is 12.5 Å². The summed E-state index contributed by atoms with van der Waals surface area (Å²) in [6.07, 6.45) is 2.14. The molecule has 0 aromatic heterocycles. The van der Waals surface area contributed by atoms with E-state index in [2.05, 4.69) is 4.74 Å². The van der Waals surface area contributed by atoms with Crippen molar-refractivity contribution >= 4 is 23.9 Å². The molecule has 0 radical (unpaired) electrons. The molecule has 0 N–H and O–H groups in total. The summed E-state index contributed by atoms with van der Waals surface area (Å²) in [5.41, 5.74) is 0.541. The minimum atomic E-state index is -0.123. The molecule has 0 atom stereocenters. The van der Waals surface area contributed by atoms with Crippen LogP contribution in [0.1, 0.15) is 30.1 Å². The molecule has 0 aliphatic heterocycles. The summed E-state index contributed by atoms with van der Waals surface area (Å²) in [5.74, 6) is -0.123. The van der Waals surface area contributed by atoms with Crippen molar-refractivity contribution in [1.29, 1.82) is 0 Å². The van der Waals surface area contributed by atoms with Crippen molar-refractivity contribution in [3.8, 4) is 0 Å². The number of methoxy groups -OCH3 is 1. The van der Waals surface area contributed by atoms with Crippen molar-refractivity contribution in [2.45, 2.75) is 19.8 Å². The Hall–Kier alpha value is -1.35. The maximum atomic E-state index is 10.2. The average Bonchev–Trinajstić information content (AvgIpc) is 2.31. The molecule has 0 amide bonds. The third-order valence-corrected chi connectivity index (χ3v) is 2.06. The molecular weight excluding hydrogens is 228 g/mol. The number of esters is 1. The number of carbonyl (C=O) groups excluding carboxylic acids is 2. The van der Waals surface area contributed by atoms with Gasteiger partial charge in [0.15, 0.2) is 6.29 Å². The summed E-state index contributed by atoms with van der Waals surface area (Å²) < 4.78 is 4.35. The zero-order valence-corrected chi connectivity index (χ0v) is 10.2. The standard InChI is InChI=1S/C7H5ClO.C5H10O2/c8-7-4-2-1-3-6(7)5-9;1-3-4-5(6)7-2/h1-5H;3-4H2,1-2H3. The molecule has 0 bridgehead atoms. The Morgan fingerprint density at radius 2 is 2.06 bits per heavy atom. The Labute approximate surface area is 100 Å². The van der Waals surface area contributed by atoms with E-state index in [4.69, 9.17) is 11.6 Å². The number of carbonyl (C=O) groups is 2. The maximum absolute atomic E-state index is 10.2. The van der Waals surface area contributed by atoms with E-state index in [0.29, 0.717) is 17.0 Å². The minimum absolute atomic E-state index is 0.123. The fourth-order valence-corrected chi connectivity index (χ4v) is 1.06. The monoisotopic (exact) mass is 242 g/mol. The zero-order chi connectivity index (χ0) is 12.4. The third-order valence-electron chi connectivity index (χ3n) is 1.71. The number of benzene rings is 1. The van der Waals surface area contributed by atoms with E-state index in [-0.39, 0.29) is 5.97 Å². The lowest BCUT2D eigenvalue weighted by Crippen LogP contribution is -1.97. The van der Waals surface area contributed by atoms with Gasteiger partial charge in [-0.1, -0.05) is 36.7 Å². The fourth-order valence-electron chi connectivity index (χ4n) is 0.877. The molecule has 0 saturated heterocycles. The maximum Gasteiger partial charge on any atom is 0.305 e. The second kappa shape index (κ2) is 8.92. The van der Waals surface area contributed by atoms with Gasteiger partial charge >= 0.3 is 5.97 Å². The van der Waals surface area contributed by atoms with Crippen LogP contribution < -0.4 is 0 Å². The van der Waals surface area contributed by atoms with Gasteiger partial charge in [0.05, 0.1) is 12.1 Å². The second-order valence-corrected chi connectivity index (χ2v) is 3.37. The van der Waals surface area contributed by atoms with E-state index < -0.39 is 0 Å². The average molecular weight is 243 g/mol. The second-order valence-electron chi connectivity index (χ2n) is 2.97. The Kier molecular flexibility index (Phi) is 8.17. The van der Waals surface area contributed by atoms with Crippen LogP contribution in [-0.2, 0) is 9.53 Å². The molecule has 0 aliphatic rings. The predicted molar refractivity (Wildman–Crippen MR) is 63.8 cm³/mol. The molecule has 0 aliphatic carbocycles. The molecule has 0 heterocycles. The highest BCUT2D eigenvalue weighted by molar-refractivity contribution is 6.32. The summed E-state index contributed by atoms with van der Waals surface area (Å²) in [7, 11) is 1.40. The lowest BCUT2D eigenvalue weighted by Gasteiger charge is -1.91. The molecule has 88 valence electrons. The van der Waals surface area contributed by atoms with Gasteiger partial charge in [0.2, 0.25) is 0 Å². The number of rotatable bonds is 3. The van der Waals surface area contributed by atoms with Gasteiger partial charge in [0.1, 0.15) is 0 Å². The highest BCUT2D eigenvalue weighted by Gasteiger charge is 1.93. The van der Waals surface area contributed by atoms with E-state index >= 15 is 0 Å². The van der Waals surface area contributed by atoms with Crippen molar-refractivity contribution in [3.05, 3.63) is 34.9 Å². The minimum Gasteiger partial charge on any atom is -0.469 e. The fraction of sp³-hybridized carbons (Fsp3) is 0.333. The number of ether oxygens (including phenoxy) is 1. The van der Waals surface area contributed by atoms with E-state index in [9.17, 15) is 9.59 Å². The number of hydrogen-bond donors (Lipinski definition) is 0. The van der Waals surface area contributed by atoms with Crippen LogP contribution in [0.3, 0.4) is 0 Å². The van der Waals surface area contributed by atoms with Crippen molar-refractivity contribution in [1.82, 2.24) is 0 Å². The Balaban J connectivity index is 0.000000293. The summed E-state index contributed by atoms with van der Waals surface area (Å²) in [5, 5.41) is 0.507. The van der Waals surface area contributed by atoms with Crippen LogP contribution in [0.5, 0.6) is 0 Å². The summed E-state index contributed by atoms with van der Waals surface area (Å²) >= 11 is 5.59. The first-order valence-corrected chi connectivity index (χ1v) is 5.30. The van der Waals surface area contributed by atoms with Crippen molar-refractivity contribution in [2.75, 3.05) is 7.11 Å². The van der Waals surface area contributed by atoms with Crippen LogP contribution in [0.2, 0.25) is 5.02 Å². The molecule has 3 nitrogen and oxygen atoms in total. The Morgan fingerprint density at radius 1 is 1.44 bits per heavy atom.